The van der Waals surface area contributed by atoms with E-state index in [9.17, 15) is 19.7 Å². The second kappa shape index (κ2) is 7.82. The monoisotopic (exact) mass is 395 g/mol. The molecule has 0 unspecified atom stereocenters. The minimum atomic E-state index is -1.35. The predicted octanol–water partition coefficient (Wildman–Crippen LogP) is -0.457. The van der Waals surface area contributed by atoms with E-state index in [1.807, 2.05) is 18.2 Å². The van der Waals surface area contributed by atoms with Gasteiger partial charge in [-0.05, 0) is 30.2 Å². The van der Waals surface area contributed by atoms with Crippen LogP contribution in [0.3, 0.4) is 0 Å². The van der Waals surface area contributed by atoms with Crippen LogP contribution in [0, 0.1) is 0 Å². The fourth-order valence-corrected chi connectivity index (χ4v) is 3.21. The highest BCUT2D eigenvalue weighted by Gasteiger charge is 2.37. The second-order valence-electron chi connectivity index (χ2n) is 6.61. The zero-order chi connectivity index (χ0) is 20.4. The third-order valence-corrected chi connectivity index (χ3v) is 4.57. The van der Waals surface area contributed by atoms with E-state index in [1.54, 1.807) is 29.5 Å². The molecule has 2 aliphatic rings. The molecule has 148 valence electrons. The largest absolute Gasteiger partial charge is 0.547 e. The first-order chi connectivity index (χ1) is 14.0. The lowest BCUT2D eigenvalue weighted by Gasteiger charge is -2.29. The standard InChI is InChI=1S/C18H18BN5O5/c25-16(10-24-9-14(22-23-24)13-6-1-2-7-20-13)21-15-8-11-4-3-5-12(18(26)27)17(11)29-19(15)28/h1-7,9,15,22-23,28H,8,10H2,(H,21,25)(H,26,27)/t15-/m0/s1. The number of carbonyl (C=O) groups is 2. The Morgan fingerprint density at radius 3 is 2.93 bits per heavy atom. The fourth-order valence-electron chi connectivity index (χ4n) is 3.21. The SMILES string of the molecule is O=C(CN1C=C(c2ccccn2)NN1)N[C@H]1Cc2cccc(C(=O)O)c2OB1O. The van der Waals surface area contributed by atoms with Crippen molar-refractivity contribution in [2.45, 2.75) is 12.4 Å². The zero-order valence-corrected chi connectivity index (χ0v) is 15.2. The number of nitrogens with zero attached hydrogens (tertiary/aromatic N) is 2. The number of carboxylic acids is 1. The first-order valence-corrected chi connectivity index (χ1v) is 8.92. The number of nitrogens with one attached hydrogen (secondary N) is 3. The molecule has 0 bridgehead atoms. The summed E-state index contributed by atoms with van der Waals surface area (Å²) in [6, 6.07) is 10.2. The summed E-state index contributed by atoms with van der Waals surface area (Å²) >= 11 is 0. The molecule has 1 atom stereocenters. The Kier molecular flexibility index (Phi) is 5.06. The van der Waals surface area contributed by atoms with Crippen molar-refractivity contribution >= 4 is 24.7 Å². The van der Waals surface area contributed by atoms with E-state index in [2.05, 4.69) is 21.3 Å². The van der Waals surface area contributed by atoms with Gasteiger partial charge in [-0.15, -0.1) is 5.53 Å². The molecular weight excluding hydrogens is 377 g/mol. The van der Waals surface area contributed by atoms with Gasteiger partial charge in [0, 0.05) is 12.4 Å². The molecule has 1 amide bonds. The van der Waals surface area contributed by atoms with Gasteiger partial charge < -0.3 is 25.5 Å². The van der Waals surface area contributed by atoms with Crippen LogP contribution in [-0.2, 0) is 11.2 Å². The second-order valence-corrected chi connectivity index (χ2v) is 6.61. The summed E-state index contributed by atoms with van der Waals surface area (Å²) in [5.74, 6) is -2.05. The summed E-state index contributed by atoms with van der Waals surface area (Å²) in [4.78, 5) is 27.9. The van der Waals surface area contributed by atoms with Gasteiger partial charge in [-0.25, -0.2) is 4.79 Å². The van der Waals surface area contributed by atoms with Crippen LogP contribution in [0.25, 0.3) is 5.70 Å². The van der Waals surface area contributed by atoms with Crippen LogP contribution in [0.4, 0.5) is 0 Å². The normalized spacial score (nSPS) is 17.7. The van der Waals surface area contributed by atoms with Crippen LogP contribution in [0.1, 0.15) is 21.6 Å². The molecule has 0 aliphatic carbocycles. The minimum absolute atomic E-state index is 0.0193. The first-order valence-electron chi connectivity index (χ1n) is 8.92. The smallest absolute Gasteiger partial charge is 0.534 e. The number of pyridine rings is 1. The van der Waals surface area contributed by atoms with E-state index in [0.29, 0.717) is 5.56 Å². The highest BCUT2D eigenvalue weighted by Crippen LogP contribution is 2.30. The highest BCUT2D eigenvalue weighted by molar-refractivity contribution is 6.47. The number of carboxylic acid groups (broad SMARTS) is 1. The van der Waals surface area contributed by atoms with Crippen molar-refractivity contribution in [2.24, 2.45) is 0 Å². The summed E-state index contributed by atoms with van der Waals surface area (Å²) in [7, 11) is -1.35. The maximum absolute atomic E-state index is 12.4. The Hall–Kier alpha value is -3.57. The number of rotatable bonds is 5. The molecule has 3 heterocycles. The average Bonchev–Trinajstić information content (AvgIpc) is 3.17. The minimum Gasteiger partial charge on any atom is -0.534 e. The van der Waals surface area contributed by atoms with E-state index in [-0.39, 0.29) is 30.2 Å². The number of hydrazine groups is 2. The van der Waals surface area contributed by atoms with Crippen molar-refractivity contribution in [3.63, 3.8) is 0 Å². The van der Waals surface area contributed by atoms with E-state index in [1.165, 1.54) is 6.07 Å². The Balaban J connectivity index is 1.39. The molecule has 4 rings (SSSR count). The van der Waals surface area contributed by atoms with Crippen molar-refractivity contribution in [2.75, 3.05) is 6.54 Å². The number of para-hydroxylation sites is 1. The maximum atomic E-state index is 12.4. The lowest BCUT2D eigenvalue weighted by molar-refractivity contribution is -0.122. The van der Waals surface area contributed by atoms with Crippen LogP contribution in [-0.4, -0.2) is 51.6 Å². The van der Waals surface area contributed by atoms with Gasteiger partial charge in [0.15, 0.2) is 0 Å². The van der Waals surface area contributed by atoms with Gasteiger partial charge in [0.2, 0.25) is 5.91 Å². The number of hydrogen-bond acceptors (Lipinski definition) is 8. The van der Waals surface area contributed by atoms with Gasteiger partial charge in [-0.3, -0.25) is 14.8 Å². The summed E-state index contributed by atoms with van der Waals surface area (Å²) < 4.78 is 5.38. The molecule has 29 heavy (non-hydrogen) atoms. The molecule has 0 radical (unpaired) electrons. The number of amides is 1. The third kappa shape index (κ3) is 4.00. The average molecular weight is 395 g/mol. The molecular formula is C18H18BN5O5. The summed E-state index contributed by atoms with van der Waals surface area (Å²) in [5.41, 5.74) is 7.82. The van der Waals surface area contributed by atoms with Crippen LogP contribution in [0.5, 0.6) is 5.75 Å². The molecule has 0 saturated carbocycles. The molecule has 1 aromatic heterocycles. The number of aromatic carboxylic acids is 1. The van der Waals surface area contributed by atoms with Gasteiger partial charge >= 0.3 is 13.1 Å². The van der Waals surface area contributed by atoms with Crippen LogP contribution in [0.15, 0.2) is 48.8 Å². The van der Waals surface area contributed by atoms with Crippen molar-refractivity contribution in [1.82, 2.24) is 26.3 Å². The summed E-state index contributed by atoms with van der Waals surface area (Å²) in [6.07, 6.45) is 3.64. The Morgan fingerprint density at radius 2 is 2.17 bits per heavy atom. The van der Waals surface area contributed by atoms with Gasteiger partial charge in [0.25, 0.3) is 0 Å². The van der Waals surface area contributed by atoms with E-state index in [4.69, 9.17) is 4.65 Å². The fraction of sp³-hybridized carbons (Fsp3) is 0.167. The maximum Gasteiger partial charge on any atom is 0.547 e. The lowest BCUT2D eigenvalue weighted by atomic mass is 9.72. The van der Waals surface area contributed by atoms with Crippen LogP contribution < -0.4 is 20.9 Å². The highest BCUT2D eigenvalue weighted by atomic mass is 16.5. The third-order valence-electron chi connectivity index (χ3n) is 4.57. The summed E-state index contributed by atoms with van der Waals surface area (Å²) in [5, 5.41) is 23.7. The Morgan fingerprint density at radius 1 is 1.31 bits per heavy atom. The first kappa shape index (κ1) is 18.8. The summed E-state index contributed by atoms with van der Waals surface area (Å²) in [6.45, 7) is -0.0193. The van der Waals surface area contributed by atoms with Crippen molar-refractivity contribution in [1.29, 1.82) is 0 Å². The Labute approximate surface area is 166 Å². The Bertz CT molecular complexity index is 970. The molecule has 1 aromatic carbocycles. The molecule has 2 aliphatic heterocycles. The molecule has 0 fully saturated rings. The number of hydrogen-bond donors (Lipinski definition) is 5. The molecule has 0 saturated heterocycles. The molecule has 2 aromatic rings. The molecule has 10 nitrogen and oxygen atoms in total. The predicted molar refractivity (Wildman–Crippen MR) is 103 cm³/mol. The van der Waals surface area contributed by atoms with E-state index >= 15 is 0 Å². The molecule has 0 spiro atoms. The quantitative estimate of drug-likeness (QED) is 0.426. The lowest BCUT2D eigenvalue weighted by Crippen LogP contribution is -2.55. The number of fused-ring (bicyclic) bond motifs is 1. The van der Waals surface area contributed by atoms with E-state index in [0.717, 1.165) is 11.4 Å². The zero-order valence-electron chi connectivity index (χ0n) is 15.2. The topological polar surface area (TPSA) is 136 Å². The van der Waals surface area contributed by atoms with Crippen molar-refractivity contribution in [3.05, 3.63) is 65.6 Å². The molecule has 11 heteroatoms. The van der Waals surface area contributed by atoms with E-state index < -0.39 is 19.0 Å². The number of aromatic nitrogens is 1. The number of carbonyl (C=O) groups excluding carboxylic acids is 1. The van der Waals surface area contributed by atoms with Crippen LogP contribution in [0.2, 0.25) is 0 Å². The van der Waals surface area contributed by atoms with Gasteiger partial charge in [0.1, 0.15) is 12.3 Å². The molecule has 5 N–H and O–H groups in total. The van der Waals surface area contributed by atoms with Crippen LogP contribution >= 0.6 is 0 Å². The van der Waals surface area contributed by atoms with Gasteiger partial charge in [-0.1, -0.05) is 18.2 Å². The van der Waals surface area contributed by atoms with Gasteiger partial charge in [0.05, 0.1) is 22.9 Å². The van der Waals surface area contributed by atoms with Gasteiger partial charge in [-0.2, -0.15) is 0 Å². The van der Waals surface area contributed by atoms with Crippen molar-refractivity contribution in [3.8, 4) is 5.75 Å². The number of benzene rings is 1. The van der Waals surface area contributed by atoms with Crippen molar-refractivity contribution < 1.29 is 24.4 Å².